The number of halogens is 1. The number of hydrogen-bond donors (Lipinski definition) is 1. The summed E-state index contributed by atoms with van der Waals surface area (Å²) < 4.78 is 0.845. The van der Waals surface area contributed by atoms with Crippen LogP contribution in [0.1, 0.15) is 20.8 Å². The highest BCUT2D eigenvalue weighted by Crippen LogP contribution is 2.25. The monoisotopic (exact) mass is 410 g/mol. The van der Waals surface area contributed by atoms with E-state index in [1.165, 1.54) is 28.4 Å². The molecule has 23 heavy (non-hydrogen) atoms. The summed E-state index contributed by atoms with van der Waals surface area (Å²) in [6, 6.07) is 8.21. The van der Waals surface area contributed by atoms with Crippen LogP contribution in [0.2, 0.25) is 0 Å². The predicted octanol–water partition coefficient (Wildman–Crippen LogP) is 4.62. The van der Waals surface area contributed by atoms with Crippen molar-refractivity contribution in [3.8, 4) is 0 Å². The maximum Gasteiger partial charge on any atom is 0.266 e. The van der Waals surface area contributed by atoms with Crippen LogP contribution in [-0.2, 0) is 6.54 Å². The quantitative estimate of drug-likeness (QED) is 0.797. The van der Waals surface area contributed by atoms with Crippen molar-refractivity contribution < 1.29 is 4.79 Å². The highest BCUT2D eigenvalue weighted by atomic mass is 79.9. The van der Waals surface area contributed by atoms with E-state index < -0.39 is 0 Å². The van der Waals surface area contributed by atoms with Gasteiger partial charge in [-0.25, -0.2) is 0 Å². The minimum atomic E-state index is -0.0595. The number of anilines is 1. The van der Waals surface area contributed by atoms with Gasteiger partial charge in [0.15, 0.2) is 0 Å². The van der Waals surface area contributed by atoms with Crippen molar-refractivity contribution in [3.63, 3.8) is 0 Å². The first-order chi connectivity index (χ1) is 11.1. The zero-order valence-electron chi connectivity index (χ0n) is 13.0. The molecule has 0 spiro atoms. The molecule has 0 radical (unpaired) electrons. The number of carbonyl (C=O) groups is 1. The molecule has 1 N–H and O–H groups in total. The first-order valence-electron chi connectivity index (χ1n) is 7.57. The Morgan fingerprint density at radius 2 is 2.09 bits per heavy atom. The molecule has 1 aliphatic heterocycles. The lowest BCUT2D eigenvalue weighted by atomic mass is 10.1. The summed E-state index contributed by atoms with van der Waals surface area (Å²) in [5.41, 5.74) is 3.30. The highest BCUT2D eigenvalue weighted by Gasteiger charge is 2.14. The van der Waals surface area contributed by atoms with Crippen molar-refractivity contribution in [3.05, 3.63) is 50.1 Å². The van der Waals surface area contributed by atoms with E-state index in [1.54, 1.807) is 0 Å². The van der Waals surface area contributed by atoms with E-state index in [9.17, 15) is 4.79 Å². The Morgan fingerprint density at radius 3 is 2.74 bits per heavy atom. The first kappa shape index (κ1) is 17.0. The van der Waals surface area contributed by atoms with Gasteiger partial charge in [-0.1, -0.05) is 12.1 Å². The maximum absolute atomic E-state index is 12.3. The Labute approximate surface area is 153 Å². The van der Waals surface area contributed by atoms with E-state index in [1.807, 2.05) is 29.3 Å². The molecule has 1 fully saturated rings. The summed E-state index contributed by atoms with van der Waals surface area (Å²) >= 11 is 6.88. The molecule has 3 nitrogen and oxygen atoms in total. The Balaban J connectivity index is 1.67. The first-order valence-corrected chi connectivity index (χ1v) is 10.4. The van der Waals surface area contributed by atoms with Crippen LogP contribution < -0.4 is 5.32 Å². The number of aryl methyl sites for hydroxylation is 1. The van der Waals surface area contributed by atoms with E-state index in [4.69, 9.17) is 0 Å². The molecule has 3 rings (SSSR count). The summed E-state index contributed by atoms with van der Waals surface area (Å²) in [7, 11) is 0. The molecule has 1 amide bonds. The summed E-state index contributed by atoms with van der Waals surface area (Å²) in [4.78, 5) is 15.5. The Kier molecular flexibility index (Phi) is 5.80. The highest BCUT2D eigenvalue weighted by molar-refractivity contribution is 9.10. The number of amides is 1. The van der Waals surface area contributed by atoms with Gasteiger partial charge in [0.25, 0.3) is 5.91 Å². The van der Waals surface area contributed by atoms with Gasteiger partial charge in [-0.2, -0.15) is 11.8 Å². The Bertz CT molecular complexity index is 696. The predicted molar refractivity (Wildman–Crippen MR) is 104 cm³/mol. The molecule has 122 valence electrons. The molecule has 2 aromatic rings. The van der Waals surface area contributed by atoms with E-state index in [2.05, 4.69) is 45.2 Å². The maximum atomic E-state index is 12.3. The fourth-order valence-corrected chi connectivity index (χ4v) is 5.04. The van der Waals surface area contributed by atoms with Crippen LogP contribution >= 0.6 is 39.0 Å². The minimum Gasteiger partial charge on any atom is -0.321 e. The second-order valence-corrected chi connectivity index (χ2v) is 8.58. The van der Waals surface area contributed by atoms with Crippen LogP contribution in [-0.4, -0.2) is 35.4 Å². The van der Waals surface area contributed by atoms with E-state index in [-0.39, 0.29) is 5.91 Å². The minimum absolute atomic E-state index is 0.0595. The average Bonchev–Trinajstić information content (AvgIpc) is 2.97. The van der Waals surface area contributed by atoms with Gasteiger partial charge >= 0.3 is 0 Å². The fourth-order valence-electron chi connectivity index (χ4n) is 2.62. The number of rotatable bonds is 4. The lowest BCUT2D eigenvalue weighted by Gasteiger charge is -2.26. The molecular weight excluding hydrogens is 392 g/mol. The van der Waals surface area contributed by atoms with Crippen molar-refractivity contribution in [1.82, 2.24) is 4.90 Å². The molecule has 1 aromatic carbocycles. The largest absolute Gasteiger partial charge is 0.321 e. The SMILES string of the molecule is Cc1cc(CN2CCSCC2)ccc1NC(=O)c1sccc1Br. The second-order valence-electron chi connectivity index (χ2n) is 5.59. The number of carbonyl (C=O) groups excluding carboxylic acids is 1. The van der Waals surface area contributed by atoms with Gasteiger partial charge in [0, 0.05) is 41.3 Å². The molecule has 0 saturated carbocycles. The van der Waals surface area contributed by atoms with Gasteiger partial charge in [0.1, 0.15) is 4.88 Å². The number of nitrogens with one attached hydrogen (secondary N) is 1. The normalized spacial score (nSPS) is 15.6. The standard InChI is InChI=1S/C17H19BrN2OS2/c1-12-10-13(11-20-5-8-22-9-6-20)2-3-15(12)19-17(21)16-14(18)4-7-23-16/h2-4,7,10H,5-6,8-9,11H2,1H3,(H,19,21). The zero-order chi connectivity index (χ0) is 16.2. The smallest absolute Gasteiger partial charge is 0.266 e. The van der Waals surface area contributed by atoms with Crippen molar-refractivity contribution >= 4 is 50.6 Å². The molecular formula is C17H19BrN2OS2. The van der Waals surface area contributed by atoms with E-state index in [0.29, 0.717) is 4.88 Å². The van der Waals surface area contributed by atoms with E-state index in [0.717, 1.165) is 35.4 Å². The summed E-state index contributed by atoms with van der Waals surface area (Å²) in [6.45, 7) is 5.37. The van der Waals surface area contributed by atoms with Gasteiger partial charge in [-0.05, 0) is 51.5 Å². The number of thiophene rings is 1. The molecule has 0 bridgehead atoms. The average molecular weight is 411 g/mol. The molecule has 1 aliphatic rings. The lowest BCUT2D eigenvalue weighted by Crippen LogP contribution is -2.31. The third-order valence-corrected chi connectivity index (χ3v) is 6.65. The Hall–Kier alpha value is -0.820. The van der Waals surface area contributed by atoms with Gasteiger partial charge in [0.05, 0.1) is 0 Å². The summed E-state index contributed by atoms with van der Waals surface area (Å²) in [5.74, 6) is 2.39. The molecule has 1 aromatic heterocycles. The number of nitrogens with zero attached hydrogens (tertiary/aromatic N) is 1. The van der Waals surface area contributed by atoms with Crippen LogP contribution in [0.4, 0.5) is 5.69 Å². The van der Waals surface area contributed by atoms with Crippen LogP contribution in [0.3, 0.4) is 0 Å². The molecule has 6 heteroatoms. The molecule has 0 unspecified atom stereocenters. The van der Waals surface area contributed by atoms with Crippen LogP contribution in [0, 0.1) is 6.92 Å². The number of thioether (sulfide) groups is 1. The van der Waals surface area contributed by atoms with Gasteiger partial charge in [0.2, 0.25) is 0 Å². The van der Waals surface area contributed by atoms with Crippen LogP contribution in [0.25, 0.3) is 0 Å². The molecule has 1 saturated heterocycles. The van der Waals surface area contributed by atoms with Gasteiger partial charge < -0.3 is 5.32 Å². The van der Waals surface area contributed by atoms with Gasteiger partial charge in [-0.3, -0.25) is 9.69 Å². The third kappa shape index (κ3) is 4.38. The van der Waals surface area contributed by atoms with Crippen molar-refractivity contribution in [2.24, 2.45) is 0 Å². The van der Waals surface area contributed by atoms with Crippen LogP contribution in [0.5, 0.6) is 0 Å². The topological polar surface area (TPSA) is 32.3 Å². The summed E-state index contributed by atoms with van der Waals surface area (Å²) in [6.07, 6.45) is 0. The zero-order valence-corrected chi connectivity index (χ0v) is 16.2. The van der Waals surface area contributed by atoms with Crippen LogP contribution in [0.15, 0.2) is 34.1 Å². The molecule has 0 atom stereocenters. The fraction of sp³-hybridized carbons (Fsp3) is 0.353. The molecule has 0 aliphatic carbocycles. The summed E-state index contributed by atoms with van der Waals surface area (Å²) in [5, 5.41) is 4.92. The number of benzene rings is 1. The van der Waals surface area contributed by atoms with Crippen molar-refractivity contribution in [1.29, 1.82) is 0 Å². The van der Waals surface area contributed by atoms with E-state index >= 15 is 0 Å². The number of hydrogen-bond acceptors (Lipinski definition) is 4. The van der Waals surface area contributed by atoms with Gasteiger partial charge in [-0.15, -0.1) is 11.3 Å². The second kappa shape index (κ2) is 7.83. The lowest BCUT2D eigenvalue weighted by molar-refractivity contribution is 0.103. The van der Waals surface area contributed by atoms with Crippen molar-refractivity contribution in [2.45, 2.75) is 13.5 Å². The van der Waals surface area contributed by atoms with Crippen molar-refractivity contribution in [2.75, 3.05) is 29.9 Å². The third-order valence-electron chi connectivity index (χ3n) is 3.87. The Morgan fingerprint density at radius 1 is 1.30 bits per heavy atom. The molecule has 2 heterocycles.